The Hall–Kier alpha value is -1.10. The average molecular weight is 252 g/mol. The van der Waals surface area contributed by atoms with Crippen molar-refractivity contribution in [2.24, 2.45) is 0 Å². The summed E-state index contributed by atoms with van der Waals surface area (Å²) >= 11 is 0. The fraction of sp³-hybridized carbons (Fsp3) is 0.571. The van der Waals surface area contributed by atoms with Gasteiger partial charge in [0.25, 0.3) is 0 Å². The van der Waals surface area contributed by atoms with Gasteiger partial charge >= 0.3 is 0 Å². The molecule has 1 aromatic carbocycles. The molecular formula is C14H24N2O2. The molecule has 0 bridgehead atoms. The fourth-order valence-corrected chi connectivity index (χ4v) is 1.71. The normalized spacial score (nSPS) is 10.6. The highest BCUT2D eigenvalue weighted by molar-refractivity contribution is 5.32. The van der Waals surface area contributed by atoms with Gasteiger partial charge in [-0.25, -0.2) is 0 Å². The Morgan fingerprint density at radius 3 is 2.56 bits per heavy atom. The molecule has 0 unspecified atom stereocenters. The second-order valence-corrected chi connectivity index (χ2v) is 4.08. The van der Waals surface area contributed by atoms with Gasteiger partial charge in [-0.15, -0.1) is 0 Å². The van der Waals surface area contributed by atoms with Crippen molar-refractivity contribution in [1.29, 1.82) is 0 Å². The molecule has 0 amide bonds. The molecule has 0 atom stereocenters. The van der Waals surface area contributed by atoms with Gasteiger partial charge < -0.3 is 20.1 Å². The quantitative estimate of drug-likeness (QED) is 0.618. The summed E-state index contributed by atoms with van der Waals surface area (Å²) in [4.78, 5) is 0. The SMILES string of the molecule is COCCNCCCNCc1ccccc1OC. The number of methoxy groups -OCH3 is 2. The van der Waals surface area contributed by atoms with Crippen LogP contribution in [0.2, 0.25) is 0 Å². The standard InChI is InChI=1S/C14H24N2O2/c1-17-11-10-15-8-5-9-16-12-13-6-3-4-7-14(13)18-2/h3-4,6-7,15-16H,5,8-12H2,1-2H3. The second kappa shape index (κ2) is 9.88. The molecule has 0 aliphatic heterocycles. The molecule has 0 saturated heterocycles. The zero-order valence-electron chi connectivity index (χ0n) is 11.4. The van der Waals surface area contributed by atoms with E-state index in [1.165, 1.54) is 5.56 Å². The predicted octanol–water partition coefficient (Wildman–Crippen LogP) is 1.41. The monoisotopic (exact) mass is 252 g/mol. The maximum Gasteiger partial charge on any atom is 0.123 e. The van der Waals surface area contributed by atoms with Crippen molar-refractivity contribution in [3.8, 4) is 5.75 Å². The Bertz CT molecular complexity index is 318. The zero-order chi connectivity index (χ0) is 13.1. The average Bonchev–Trinajstić information content (AvgIpc) is 2.42. The van der Waals surface area contributed by atoms with E-state index in [1.807, 2.05) is 18.2 Å². The van der Waals surface area contributed by atoms with Crippen molar-refractivity contribution >= 4 is 0 Å². The van der Waals surface area contributed by atoms with Gasteiger partial charge in [0.2, 0.25) is 0 Å². The lowest BCUT2D eigenvalue weighted by Crippen LogP contribution is -2.24. The summed E-state index contributed by atoms with van der Waals surface area (Å²) in [5, 5.41) is 6.73. The van der Waals surface area contributed by atoms with Crippen molar-refractivity contribution in [2.75, 3.05) is 40.5 Å². The Morgan fingerprint density at radius 2 is 1.78 bits per heavy atom. The summed E-state index contributed by atoms with van der Waals surface area (Å²) in [6, 6.07) is 8.10. The Balaban J connectivity index is 2.07. The van der Waals surface area contributed by atoms with Gasteiger partial charge in [-0.05, 0) is 25.6 Å². The van der Waals surface area contributed by atoms with Gasteiger partial charge in [-0.2, -0.15) is 0 Å². The Labute approximate surface area is 110 Å². The van der Waals surface area contributed by atoms with Crippen LogP contribution in [0.3, 0.4) is 0 Å². The van der Waals surface area contributed by atoms with Gasteiger partial charge in [0.1, 0.15) is 5.75 Å². The molecule has 18 heavy (non-hydrogen) atoms. The smallest absolute Gasteiger partial charge is 0.123 e. The van der Waals surface area contributed by atoms with Crippen molar-refractivity contribution in [2.45, 2.75) is 13.0 Å². The largest absolute Gasteiger partial charge is 0.496 e. The van der Waals surface area contributed by atoms with E-state index in [2.05, 4.69) is 16.7 Å². The van der Waals surface area contributed by atoms with Crippen LogP contribution in [0.1, 0.15) is 12.0 Å². The number of hydrogen-bond donors (Lipinski definition) is 2. The number of ether oxygens (including phenoxy) is 2. The summed E-state index contributed by atoms with van der Waals surface area (Å²) < 4.78 is 10.3. The molecule has 4 heteroatoms. The Morgan fingerprint density at radius 1 is 1.00 bits per heavy atom. The van der Waals surface area contributed by atoms with E-state index >= 15 is 0 Å². The molecule has 0 aromatic heterocycles. The second-order valence-electron chi connectivity index (χ2n) is 4.08. The van der Waals surface area contributed by atoms with E-state index in [-0.39, 0.29) is 0 Å². The molecule has 0 aliphatic carbocycles. The van der Waals surface area contributed by atoms with Crippen LogP contribution in [0.15, 0.2) is 24.3 Å². The van der Waals surface area contributed by atoms with Crippen LogP contribution in [0, 0.1) is 0 Å². The van der Waals surface area contributed by atoms with Crippen LogP contribution in [0.5, 0.6) is 5.75 Å². The molecule has 0 fully saturated rings. The molecular weight excluding hydrogens is 228 g/mol. The summed E-state index contributed by atoms with van der Waals surface area (Å²) in [5.41, 5.74) is 1.20. The van der Waals surface area contributed by atoms with Crippen molar-refractivity contribution in [3.63, 3.8) is 0 Å². The highest BCUT2D eigenvalue weighted by Gasteiger charge is 1.99. The number of rotatable bonds is 10. The molecule has 0 saturated carbocycles. The first-order valence-corrected chi connectivity index (χ1v) is 6.40. The van der Waals surface area contributed by atoms with Gasteiger partial charge in [0, 0.05) is 25.8 Å². The minimum atomic E-state index is 0.772. The molecule has 4 nitrogen and oxygen atoms in total. The molecule has 1 aromatic rings. The minimum absolute atomic E-state index is 0.772. The van der Waals surface area contributed by atoms with E-state index in [1.54, 1.807) is 14.2 Å². The van der Waals surface area contributed by atoms with E-state index < -0.39 is 0 Å². The van der Waals surface area contributed by atoms with Crippen LogP contribution in [-0.4, -0.2) is 40.5 Å². The maximum absolute atomic E-state index is 5.30. The van der Waals surface area contributed by atoms with Gasteiger partial charge in [-0.1, -0.05) is 18.2 Å². The fourth-order valence-electron chi connectivity index (χ4n) is 1.71. The third-order valence-electron chi connectivity index (χ3n) is 2.70. The van der Waals surface area contributed by atoms with Crippen LogP contribution >= 0.6 is 0 Å². The van der Waals surface area contributed by atoms with Gasteiger partial charge in [0.15, 0.2) is 0 Å². The summed E-state index contributed by atoms with van der Waals surface area (Å²) in [5.74, 6) is 0.947. The number of benzene rings is 1. The number of hydrogen-bond acceptors (Lipinski definition) is 4. The van der Waals surface area contributed by atoms with E-state index in [4.69, 9.17) is 9.47 Å². The van der Waals surface area contributed by atoms with Crippen molar-refractivity contribution in [1.82, 2.24) is 10.6 Å². The first kappa shape index (κ1) is 15.0. The molecule has 0 aliphatic rings. The molecule has 102 valence electrons. The lowest BCUT2D eigenvalue weighted by atomic mass is 10.2. The van der Waals surface area contributed by atoms with Crippen LogP contribution < -0.4 is 15.4 Å². The molecule has 0 heterocycles. The van der Waals surface area contributed by atoms with Gasteiger partial charge in [0.05, 0.1) is 13.7 Å². The highest BCUT2D eigenvalue weighted by atomic mass is 16.5. The van der Waals surface area contributed by atoms with Gasteiger partial charge in [-0.3, -0.25) is 0 Å². The number of para-hydroxylation sites is 1. The molecule has 1 rings (SSSR count). The molecule has 0 spiro atoms. The van der Waals surface area contributed by atoms with Crippen LogP contribution in [0.4, 0.5) is 0 Å². The van der Waals surface area contributed by atoms with E-state index in [9.17, 15) is 0 Å². The summed E-state index contributed by atoms with van der Waals surface area (Å²) in [6.45, 7) is 4.56. The van der Waals surface area contributed by atoms with E-state index in [0.717, 1.165) is 45.0 Å². The minimum Gasteiger partial charge on any atom is -0.496 e. The topological polar surface area (TPSA) is 42.5 Å². The molecule has 0 radical (unpaired) electrons. The Kier molecular flexibility index (Phi) is 8.21. The number of nitrogens with one attached hydrogen (secondary N) is 2. The van der Waals surface area contributed by atoms with Crippen molar-refractivity contribution in [3.05, 3.63) is 29.8 Å². The van der Waals surface area contributed by atoms with E-state index in [0.29, 0.717) is 0 Å². The first-order valence-electron chi connectivity index (χ1n) is 6.40. The summed E-state index contributed by atoms with van der Waals surface area (Å²) in [6.07, 6.45) is 1.11. The van der Waals surface area contributed by atoms with Crippen LogP contribution in [-0.2, 0) is 11.3 Å². The summed E-state index contributed by atoms with van der Waals surface area (Å²) in [7, 11) is 3.43. The van der Waals surface area contributed by atoms with Crippen molar-refractivity contribution < 1.29 is 9.47 Å². The first-order chi connectivity index (χ1) is 8.88. The molecule has 2 N–H and O–H groups in total. The predicted molar refractivity (Wildman–Crippen MR) is 74.1 cm³/mol. The zero-order valence-corrected chi connectivity index (χ0v) is 11.4. The lowest BCUT2D eigenvalue weighted by Gasteiger charge is -2.09. The lowest BCUT2D eigenvalue weighted by molar-refractivity contribution is 0.199. The third kappa shape index (κ3) is 6.00. The van der Waals surface area contributed by atoms with Crippen LogP contribution in [0.25, 0.3) is 0 Å². The highest BCUT2D eigenvalue weighted by Crippen LogP contribution is 2.16. The maximum atomic E-state index is 5.30. The third-order valence-corrected chi connectivity index (χ3v) is 2.70.